The van der Waals surface area contributed by atoms with Gasteiger partial charge in [0.05, 0.1) is 0 Å². The molecular weight excluding hydrogens is 328 g/mol. The number of nitrogens with one attached hydrogen (secondary N) is 1. The molecule has 0 spiro atoms. The van der Waals surface area contributed by atoms with E-state index in [2.05, 4.69) is 41.9 Å². The molecule has 0 aliphatic rings. The van der Waals surface area contributed by atoms with Gasteiger partial charge in [0.2, 0.25) is 0 Å². The highest BCUT2D eigenvalue weighted by molar-refractivity contribution is 7.09. The molecule has 1 atom stereocenters. The first kappa shape index (κ1) is 17.2. The lowest BCUT2D eigenvalue weighted by Crippen LogP contribution is -2.41. The summed E-state index contributed by atoms with van der Waals surface area (Å²) in [5, 5.41) is 5.09. The Kier molecular flexibility index (Phi) is 5.86. The number of carbonyl (C=O) groups is 1. The van der Waals surface area contributed by atoms with Crippen molar-refractivity contribution in [2.24, 2.45) is 0 Å². The fourth-order valence-electron chi connectivity index (χ4n) is 2.75. The Hall–Kier alpha value is -2.59. The average Bonchev–Trinajstić information content (AvgIpc) is 3.14. The molecule has 3 aromatic rings. The molecule has 0 saturated carbocycles. The van der Waals surface area contributed by atoms with Crippen LogP contribution in [-0.2, 0) is 13.0 Å². The Balaban J connectivity index is 1.76. The molecule has 1 aromatic heterocycles. The third kappa shape index (κ3) is 4.94. The number of benzene rings is 2. The molecule has 25 heavy (non-hydrogen) atoms. The van der Waals surface area contributed by atoms with Crippen molar-refractivity contribution in [1.29, 1.82) is 0 Å². The monoisotopic (exact) mass is 350 g/mol. The van der Waals surface area contributed by atoms with Gasteiger partial charge in [0.1, 0.15) is 0 Å². The molecule has 0 bridgehead atoms. The van der Waals surface area contributed by atoms with Crippen LogP contribution >= 0.6 is 11.3 Å². The summed E-state index contributed by atoms with van der Waals surface area (Å²) in [6.45, 7) is 2.69. The van der Waals surface area contributed by atoms with Gasteiger partial charge < -0.3 is 10.2 Å². The van der Waals surface area contributed by atoms with Crippen LogP contribution in [-0.4, -0.2) is 17.0 Å². The van der Waals surface area contributed by atoms with Crippen LogP contribution in [0.5, 0.6) is 0 Å². The number of amides is 2. The Morgan fingerprint density at radius 2 is 1.68 bits per heavy atom. The normalized spacial score (nSPS) is 11.7. The van der Waals surface area contributed by atoms with Crippen molar-refractivity contribution in [3.63, 3.8) is 0 Å². The maximum Gasteiger partial charge on any atom is 0.322 e. The second-order valence-electron chi connectivity index (χ2n) is 6.04. The first-order valence-electron chi connectivity index (χ1n) is 8.41. The molecule has 4 heteroatoms. The highest BCUT2D eigenvalue weighted by Gasteiger charge is 2.21. The Morgan fingerprint density at radius 1 is 1.00 bits per heavy atom. The van der Waals surface area contributed by atoms with E-state index in [4.69, 9.17) is 0 Å². The third-order valence-corrected chi connectivity index (χ3v) is 4.99. The number of anilines is 1. The number of para-hydroxylation sites is 1. The van der Waals surface area contributed by atoms with E-state index in [0.29, 0.717) is 6.54 Å². The van der Waals surface area contributed by atoms with E-state index >= 15 is 0 Å². The second kappa shape index (κ2) is 8.49. The summed E-state index contributed by atoms with van der Waals surface area (Å²) >= 11 is 1.73. The van der Waals surface area contributed by atoms with E-state index in [9.17, 15) is 4.79 Å². The minimum Gasteiger partial charge on any atom is -0.317 e. The van der Waals surface area contributed by atoms with E-state index in [1.165, 1.54) is 4.88 Å². The fraction of sp³-hybridized carbons (Fsp3) is 0.190. The SMILES string of the molecule is C[C@H](Cc1cccs1)N(Cc1ccccc1)C(=O)Nc1ccccc1. The molecule has 3 rings (SSSR count). The highest BCUT2D eigenvalue weighted by Crippen LogP contribution is 2.18. The molecular formula is C21H22N2OS. The minimum atomic E-state index is -0.0703. The van der Waals surface area contributed by atoms with Gasteiger partial charge in [-0.05, 0) is 36.1 Å². The van der Waals surface area contributed by atoms with E-state index in [0.717, 1.165) is 17.7 Å². The molecule has 0 saturated heterocycles. The maximum atomic E-state index is 12.9. The third-order valence-electron chi connectivity index (χ3n) is 4.09. The van der Waals surface area contributed by atoms with Crippen LogP contribution in [0.15, 0.2) is 78.2 Å². The van der Waals surface area contributed by atoms with Crippen molar-refractivity contribution < 1.29 is 4.79 Å². The molecule has 3 nitrogen and oxygen atoms in total. The Bertz CT molecular complexity index is 772. The number of thiophene rings is 1. The zero-order valence-corrected chi connectivity index (χ0v) is 15.1. The Morgan fingerprint density at radius 3 is 2.32 bits per heavy atom. The number of rotatable bonds is 6. The molecule has 2 amide bonds. The molecule has 1 heterocycles. The molecule has 0 aliphatic carbocycles. The van der Waals surface area contributed by atoms with Crippen molar-refractivity contribution >= 4 is 23.1 Å². The van der Waals surface area contributed by atoms with Crippen LogP contribution in [0.1, 0.15) is 17.4 Å². The molecule has 0 radical (unpaired) electrons. The Labute approximate surface area is 152 Å². The molecule has 1 N–H and O–H groups in total. The topological polar surface area (TPSA) is 32.3 Å². The van der Waals surface area contributed by atoms with Crippen LogP contribution in [0.3, 0.4) is 0 Å². The van der Waals surface area contributed by atoms with Gasteiger partial charge in [-0.25, -0.2) is 4.79 Å². The molecule has 128 valence electrons. The number of urea groups is 1. The molecule has 0 unspecified atom stereocenters. The first-order valence-corrected chi connectivity index (χ1v) is 9.29. The number of nitrogens with zero attached hydrogens (tertiary/aromatic N) is 1. The maximum absolute atomic E-state index is 12.9. The van der Waals surface area contributed by atoms with Gasteiger partial charge in [0, 0.05) is 29.6 Å². The molecule has 0 fully saturated rings. The summed E-state index contributed by atoms with van der Waals surface area (Å²) in [7, 11) is 0. The summed E-state index contributed by atoms with van der Waals surface area (Å²) < 4.78 is 0. The van der Waals surface area contributed by atoms with Gasteiger partial charge in [0.25, 0.3) is 0 Å². The van der Waals surface area contributed by atoms with Gasteiger partial charge in [0.15, 0.2) is 0 Å². The fourth-order valence-corrected chi connectivity index (χ4v) is 3.58. The first-order chi connectivity index (χ1) is 12.2. The predicted octanol–water partition coefficient (Wildman–Crippen LogP) is 5.41. The summed E-state index contributed by atoms with van der Waals surface area (Å²) in [4.78, 5) is 16.1. The van der Waals surface area contributed by atoms with Crippen LogP contribution < -0.4 is 5.32 Å². The second-order valence-corrected chi connectivity index (χ2v) is 7.07. The van der Waals surface area contributed by atoms with Crippen LogP contribution in [0.2, 0.25) is 0 Å². The number of hydrogen-bond donors (Lipinski definition) is 1. The lowest BCUT2D eigenvalue weighted by molar-refractivity contribution is 0.188. The summed E-state index contributed by atoms with van der Waals surface area (Å²) in [6, 6.07) is 23.9. The van der Waals surface area contributed by atoms with Gasteiger partial charge >= 0.3 is 6.03 Å². The van der Waals surface area contributed by atoms with Crippen molar-refractivity contribution in [3.05, 3.63) is 88.6 Å². The lowest BCUT2D eigenvalue weighted by atomic mass is 10.1. The zero-order chi connectivity index (χ0) is 17.5. The van der Waals surface area contributed by atoms with Gasteiger partial charge in [-0.1, -0.05) is 54.6 Å². The smallest absolute Gasteiger partial charge is 0.317 e. The van der Waals surface area contributed by atoms with Crippen molar-refractivity contribution in [2.75, 3.05) is 5.32 Å². The van der Waals surface area contributed by atoms with Crippen molar-refractivity contribution in [1.82, 2.24) is 4.90 Å². The van der Waals surface area contributed by atoms with E-state index in [1.54, 1.807) is 11.3 Å². The summed E-state index contributed by atoms with van der Waals surface area (Å²) in [5.41, 5.74) is 1.94. The molecule has 0 aliphatic heterocycles. The van der Waals surface area contributed by atoms with Gasteiger partial charge in [-0.2, -0.15) is 0 Å². The van der Waals surface area contributed by atoms with Gasteiger partial charge in [-0.3, -0.25) is 0 Å². The van der Waals surface area contributed by atoms with Gasteiger partial charge in [-0.15, -0.1) is 11.3 Å². The van der Waals surface area contributed by atoms with E-state index < -0.39 is 0 Å². The minimum absolute atomic E-state index is 0.0703. The van der Waals surface area contributed by atoms with Crippen molar-refractivity contribution in [2.45, 2.75) is 25.9 Å². The largest absolute Gasteiger partial charge is 0.322 e. The van der Waals surface area contributed by atoms with Crippen LogP contribution in [0.4, 0.5) is 10.5 Å². The van der Waals surface area contributed by atoms with Crippen molar-refractivity contribution in [3.8, 4) is 0 Å². The lowest BCUT2D eigenvalue weighted by Gasteiger charge is -2.29. The standard InChI is InChI=1S/C21H22N2OS/c1-17(15-20-13-8-14-25-20)23(16-18-9-4-2-5-10-18)21(24)22-19-11-6-3-7-12-19/h2-14,17H,15-16H2,1H3,(H,22,24)/t17-/m1/s1. The zero-order valence-electron chi connectivity index (χ0n) is 14.3. The van der Waals surface area contributed by atoms with E-state index in [-0.39, 0.29) is 12.1 Å². The molecule has 2 aromatic carbocycles. The summed E-state index contributed by atoms with van der Waals surface area (Å²) in [6.07, 6.45) is 0.854. The quantitative estimate of drug-likeness (QED) is 0.633. The average molecular weight is 350 g/mol. The summed E-state index contributed by atoms with van der Waals surface area (Å²) in [5.74, 6) is 0. The number of hydrogen-bond acceptors (Lipinski definition) is 2. The van der Waals surface area contributed by atoms with E-state index in [1.807, 2.05) is 53.4 Å². The van der Waals surface area contributed by atoms with Crippen LogP contribution in [0.25, 0.3) is 0 Å². The number of carbonyl (C=O) groups excluding carboxylic acids is 1. The predicted molar refractivity (Wildman–Crippen MR) is 105 cm³/mol. The highest BCUT2D eigenvalue weighted by atomic mass is 32.1. The van der Waals surface area contributed by atoms with Crippen LogP contribution in [0, 0.1) is 0 Å².